The summed E-state index contributed by atoms with van der Waals surface area (Å²) in [5.41, 5.74) is 0.324. The predicted octanol–water partition coefficient (Wildman–Crippen LogP) is 2.77. The van der Waals surface area contributed by atoms with Gasteiger partial charge in [-0.05, 0) is 57.5 Å². The zero-order valence-corrected chi connectivity index (χ0v) is 16.7. The number of nitrogens with zero attached hydrogens (tertiary/aromatic N) is 2. The van der Waals surface area contributed by atoms with Gasteiger partial charge in [-0.15, -0.1) is 0 Å². The Kier molecular flexibility index (Phi) is 5.80. The molecule has 5 nitrogen and oxygen atoms in total. The summed E-state index contributed by atoms with van der Waals surface area (Å²) >= 11 is 0. The third-order valence-electron chi connectivity index (χ3n) is 7.51. The van der Waals surface area contributed by atoms with Gasteiger partial charge in [-0.1, -0.05) is 6.42 Å². The van der Waals surface area contributed by atoms with Crippen LogP contribution in [0.5, 0.6) is 0 Å². The number of piperidine rings is 1. The fourth-order valence-electron chi connectivity index (χ4n) is 5.88. The fourth-order valence-corrected chi connectivity index (χ4v) is 5.88. The lowest BCUT2D eigenvalue weighted by Crippen LogP contribution is -2.72. The second-order valence-corrected chi connectivity index (χ2v) is 9.08. The van der Waals surface area contributed by atoms with Crippen LogP contribution in [-0.2, 0) is 4.74 Å². The molecular weight excluding hydrogens is 369 g/mol. The highest BCUT2D eigenvalue weighted by molar-refractivity contribution is 5.80. The standard InChI is InChI=1S/C20H33F3N4O/c1-24-18(26-16-15-6-12-28-17(15)19(16)7-2-8-19)25-9-3-14-4-10-27(11-5-14)13-20(21,22)23/h14-17H,2-13H2,1H3,(H2,24,25,26). The molecule has 2 N–H and O–H groups in total. The number of alkyl halides is 3. The normalized spacial score (nSPS) is 33.3. The van der Waals surface area contributed by atoms with Gasteiger partial charge in [0.25, 0.3) is 0 Å². The molecule has 0 radical (unpaired) electrons. The van der Waals surface area contributed by atoms with Crippen molar-refractivity contribution >= 4 is 5.96 Å². The second kappa shape index (κ2) is 8.01. The minimum atomic E-state index is -4.09. The molecule has 160 valence electrons. The molecule has 2 aliphatic carbocycles. The molecule has 2 saturated carbocycles. The van der Waals surface area contributed by atoms with Crippen LogP contribution in [0, 0.1) is 17.3 Å². The molecule has 4 fully saturated rings. The van der Waals surface area contributed by atoms with E-state index in [4.69, 9.17) is 4.74 Å². The van der Waals surface area contributed by atoms with Gasteiger partial charge >= 0.3 is 6.18 Å². The van der Waals surface area contributed by atoms with Crippen molar-refractivity contribution in [2.24, 2.45) is 22.2 Å². The van der Waals surface area contributed by atoms with E-state index in [0.717, 1.165) is 44.8 Å². The number of likely N-dealkylation sites (tertiary alicyclic amines) is 1. The van der Waals surface area contributed by atoms with Crippen LogP contribution in [0.2, 0.25) is 0 Å². The summed E-state index contributed by atoms with van der Waals surface area (Å²) in [5, 5.41) is 7.10. The largest absolute Gasteiger partial charge is 0.401 e. The molecule has 3 unspecified atom stereocenters. The third kappa shape index (κ3) is 3.99. The van der Waals surface area contributed by atoms with Gasteiger partial charge in [0.15, 0.2) is 5.96 Å². The summed E-state index contributed by atoms with van der Waals surface area (Å²) in [5.74, 6) is 1.96. The van der Waals surface area contributed by atoms with Gasteiger partial charge < -0.3 is 15.4 Å². The molecule has 2 saturated heterocycles. The van der Waals surface area contributed by atoms with E-state index in [9.17, 15) is 13.2 Å². The molecule has 2 heterocycles. The van der Waals surface area contributed by atoms with Crippen molar-refractivity contribution < 1.29 is 17.9 Å². The number of ether oxygens (including phenoxy) is 1. The Labute approximate surface area is 165 Å². The third-order valence-corrected chi connectivity index (χ3v) is 7.51. The number of guanidine groups is 1. The van der Waals surface area contributed by atoms with E-state index < -0.39 is 12.7 Å². The summed E-state index contributed by atoms with van der Waals surface area (Å²) in [7, 11) is 1.81. The SMILES string of the molecule is CN=C(NCCC1CCN(CC(F)(F)F)CC1)NC1C2CCOC2C12CCC2. The monoisotopic (exact) mass is 402 g/mol. The van der Waals surface area contributed by atoms with Gasteiger partial charge in [-0.25, -0.2) is 0 Å². The van der Waals surface area contributed by atoms with E-state index >= 15 is 0 Å². The van der Waals surface area contributed by atoms with Gasteiger partial charge in [0.1, 0.15) is 0 Å². The Morgan fingerprint density at radius 1 is 1.21 bits per heavy atom. The van der Waals surface area contributed by atoms with Crippen LogP contribution in [0.15, 0.2) is 4.99 Å². The van der Waals surface area contributed by atoms with E-state index in [1.165, 1.54) is 24.2 Å². The van der Waals surface area contributed by atoms with E-state index in [1.54, 1.807) is 7.05 Å². The molecule has 0 bridgehead atoms. The number of halogens is 3. The number of hydrogen-bond donors (Lipinski definition) is 2. The van der Waals surface area contributed by atoms with Gasteiger partial charge in [-0.3, -0.25) is 9.89 Å². The molecule has 0 aromatic rings. The van der Waals surface area contributed by atoms with Crippen molar-refractivity contribution in [2.45, 2.75) is 63.3 Å². The average Bonchev–Trinajstić information content (AvgIpc) is 3.02. The molecule has 2 aliphatic heterocycles. The maximum Gasteiger partial charge on any atom is 0.401 e. The van der Waals surface area contributed by atoms with Crippen LogP contribution < -0.4 is 10.6 Å². The summed E-state index contributed by atoms with van der Waals surface area (Å²) in [6.07, 6.45) is 3.95. The lowest BCUT2D eigenvalue weighted by molar-refractivity contribution is -0.171. The molecule has 0 amide bonds. The molecule has 4 rings (SSSR count). The highest BCUT2D eigenvalue weighted by Crippen LogP contribution is 2.62. The first-order valence-electron chi connectivity index (χ1n) is 10.8. The Balaban J connectivity index is 1.18. The summed E-state index contributed by atoms with van der Waals surface area (Å²) in [4.78, 5) is 5.93. The van der Waals surface area contributed by atoms with Crippen LogP contribution in [0.4, 0.5) is 13.2 Å². The number of fused-ring (bicyclic) bond motifs is 2. The van der Waals surface area contributed by atoms with E-state index in [0.29, 0.717) is 42.5 Å². The minimum Gasteiger partial charge on any atom is -0.377 e. The van der Waals surface area contributed by atoms with Crippen LogP contribution in [0.3, 0.4) is 0 Å². The van der Waals surface area contributed by atoms with Crippen molar-refractivity contribution in [2.75, 3.05) is 39.8 Å². The number of rotatable bonds is 5. The van der Waals surface area contributed by atoms with E-state index in [-0.39, 0.29) is 0 Å². The van der Waals surface area contributed by atoms with Crippen molar-refractivity contribution in [3.05, 3.63) is 0 Å². The van der Waals surface area contributed by atoms with Crippen molar-refractivity contribution in [3.8, 4) is 0 Å². The quantitative estimate of drug-likeness (QED) is 0.549. The fraction of sp³-hybridized carbons (Fsp3) is 0.950. The van der Waals surface area contributed by atoms with Crippen LogP contribution in [-0.4, -0.2) is 69.0 Å². The lowest BCUT2D eigenvalue weighted by atomic mass is 9.46. The summed E-state index contributed by atoms with van der Waals surface area (Å²) in [6.45, 7) is 2.02. The molecular formula is C20H33F3N4O. The van der Waals surface area contributed by atoms with Gasteiger partial charge in [0.05, 0.1) is 12.6 Å². The summed E-state index contributed by atoms with van der Waals surface area (Å²) in [6, 6.07) is 0.463. The summed E-state index contributed by atoms with van der Waals surface area (Å²) < 4.78 is 43.5. The minimum absolute atomic E-state index is 0.324. The Hall–Kier alpha value is -1.02. The van der Waals surface area contributed by atoms with Crippen molar-refractivity contribution in [1.82, 2.24) is 15.5 Å². The molecule has 0 aromatic carbocycles. The second-order valence-electron chi connectivity index (χ2n) is 9.08. The molecule has 28 heavy (non-hydrogen) atoms. The number of hydrogen-bond acceptors (Lipinski definition) is 3. The maximum atomic E-state index is 12.5. The zero-order chi connectivity index (χ0) is 19.8. The topological polar surface area (TPSA) is 48.9 Å². The molecule has 1 spiro atoms. The van der Waals surface area contributed by atoms with Crippen LogP contribution in [0.1, 0.15) is 44.9 Å². The zero-order valence-electron chi connectivity index (χ0n) is 16.7. The Morgan fingerprint density at radius 2 is 1.96 bits per heavy atom. The first-order valence-corrected chi connectivity index (χ1v) is 10.8. The van der Waals surface area contributed by atoms with Crippen LogP contribution in [0.25, 0.3) is 0 Å². The first kappa shape index (κ1) is 20.3. The van der Waals surface area contributed by atoms with Crippen molar-refractivity contribution in [3.63, 3.8) is 0 Å². The number of aliphatic imine (C=N–C) groups is 1. The highest BCUT2D eigenvalue weighted by atomic mass is 19.4. The predicted molar refractivity (Wildman–Crippen MR) is 102 cm³/mol. The Morgan fingerprint density at radius 3 is 2.57 bits per heavy atom. The van der Waals surface area contributed by atoms with E-state index in [1.807, 2.05) is 0 Å². The molecule has 8 heteroatoms. The van der Waals surface area contributed by atoms with Gasteiger partial charge in [0, 0.05) is 37.6 Å². The first-order chi connectivity index (χ1) is 13.4. The average molecular weight is 403 g/mol. The molecule has 4 aliphatic rings. The van der Waals surface area contributed by atoms with Gasteiger partial charge in [-0.2, -0.15) is 13.2 Å². The van der Waals surface area contributed by atoms with Crippen LogP contribution >= 0.6 is 0 Å². The smallest absolute Gasteiger partial charge is 0.377 e. The lowest BCUT2D eigenvalue weighted by Gasteiger charge is -2.63. The highest BCUT2D eigenvalue weighted by Gasteiger charge is 2.66. The molecule has 3 atom stereocenters. The molecule has 0 aromatic heterocycles. The maximum absolute atomic E-state index is 12.5. The van der Waals surface area contributed by atoms with E-state index in [2.05, 4.69) is 15.6 Å². The number of nitrogens with one attached hydrogen (secondary N) is 2. The van der Waals surface area contributed by atoms with Gasteiger partial charge in [0.2, 0.25) is 0 Å². The van der Waals surface area contributed by atoms with Crippen molar-refractivity contribution in [1.29, 1.82) is 0 Å². The Bertz CT molecular complexity index is 570.